The molecule has 2 heterocycles. The first kappa shape index (κ1) is 17.8. The van der Waals surface area contributed by atoms with Crippen molar-refractivity contribution in [1.82, 2.24) is 10.2 Å². The number of urea groups is 1. The molecule has 1 N–H and O–H groups in total. The van der Waals surface area contributed by atoms with E-state index in [0.717, 1.165) is 17.7 Å². The maximum Gasteiger partial charge on any atom is 0.317 e. The Kier molecular flexibility index (Phi) is 5.36. The smallest absolute Gasteiger partial charge is 0.317 e. The van der Waals surface area contributed by atoms with Crippen molar-refractivity contribution in [3.63, 3.8) is 0 Å². The highest BCUT2D eigenvalue weighted by molar-refractivity contribution is 7.91. The topological polar surface area (TPSA) is 84.9 Å². The van der Waals surface area contributed by atoms with Crippen molar-refractivity contribution in [3.05, 3.63) is 23.8 Å². The Morgan fingerprint density at radius 1 is 1.28 bits per heavy atom. The number of carbonyl (C=O) groups excluding carboxylic acids is 1. The average Bonchev–Trinajstić information content (AvgIpc) is 2.80. The van der Waals surface area contributed by atoms with Gasteiger partial charge in [-0.3, -0.25) is 0 Å². The lowest BCUT2D eigenvalue weighted by Crippen LogP contribution is -2.46. The first-order valence-corrected chi connectivity index (χ1v) is 10.4. The van der Waals surface area contributed by atoms with Crippen LogP contribution in [0.5, 0.6) is 11.5 Å². The third-order valence-corrected chi connectivity index (χ3v) is 6.26. The fourth-order valence-electron chi connectivity index (χ4n) is 3.19. The van der Waals surface area contributed by atoms with Gasteiger partial charge in [-0.15, -0.1) is 0 Å². The van der Waals surface area contributed by atoms with Gasteiger partial charge >= 0.3 is 6.03 Å². The van der Waals surface area contributed by atoms with Gasteiger partial charge in [0.2, 0.25) is 0 Å². The molecule has 1 unspecified atom stereocenters. The summed E-state index contributed by atoms with van der Waals surface area (Å²) in [4.78, 5) is 14.1. The summed E-state index contributed by atoms with van der Waals surface area (Å²) >= 11 is 0. The number of ether oxygens (including phenoxy) is 2. The van der Waals surface area contributed by atoms with E-state index in [1.807, 2.05) is 25.1 Å². The molecule has 1 fully saturated rings. The molecule has 3 rings (SSSR count). The molecular formula is C17H24N2O5S. The number of benzene rings is 1. The highest BCUT2D eigenvalue weighted by Gasteiger charge is 2.33. The molecule has 0 spiro atoms. The fourth-order valence-corrected chi connectivity index (χ4v) is 4.92. The summed E-state index contributed by atoms with van der Waals surface area (Å²) in [7, 11) is -3.02. The van der Waals surface area contributed by atoms with Crippen molar-refractivity contribution in [3.8, 4) is 11.5 Å². The van der Waals surface area contributed by atoms with Crippen LogP contribution in [0.1, 0.15) is 25.3 Å². The Bertz CT molecular complexity index is 735. The van der Waals surface area contributed by atoms with E-state index in [1.165, 1.54) is 0 Å². The molecule has 25 heavy (non-hydrogen) atoms. The second-order valence-electron chi connectivity index (χ2n) is 6.33. The van der Waals surface area contributed by atoms with Crippen molar-refractivity contribution in [2.45, 2.75) is 32.4 Å². The number of sulfone groups is 1. The summed E-state index contributed by atoms with van der Waals surface area (Å²) < 4.78 is 34.5. The SMILES string of the molecule is CCN(C(=O)NCc1ccc2c(c1)OCCCO2)C1CCS(=O)(=O)C1. The summed E-state index contributed by atoms with van der Waals surface area (Å²) in [6.07, 6.45) is 1.35. The van der Waals surface area contributed by atoms with Gasteiger partial charge in [-0.05, 0) is 31.0 Å². The molecule has 2 aliphatic heterocycles. The first-order valence-electron chi connectivity index (χ1n) is 8.62. The molecule has 0 aliphatic carbocycles. The number of hydrogen-bond acceptors (Lipinski definition) is 5. The summed E-state index contributed by atoms with van der Waals surface area (Å²) in [5, 5.41) is 2.87. The lowest BCUT2D eigenvalue weighted by atomic mass is 10.2. The van der Waals surface area contributed by atoms with Gasteiger partial charge < -0.3 is 19.7 Å². The number of amides is 2. The number of rotatable bonds is 4. The van der Waals surface area contributed by atoms with Crippen LogP contribution in [0.4, 0.5) is 4.79 Å². The third kappa shape index (κ3) is 4.36. The molecule has 1 saturated heterocycles. The monoisotopic (exact) mass is 368 g/mol. The average molecular weight is 368 g/mol. The summed E-state index contributed by atoms with van der Waals surface area (Å²) in [5.41, 5.74) is 0.910. The largest absolute Gasteiger partial charge is 0.490 e. The maximum absolute atomic E-state index is 12.5. The van der Waals surface area contributed by atoms with Crippen LogP contribution >= 0.6 is 0 Å². The molecular weight excluding hydrogens is 344 g/mol. The van der Waals surface area contributed by atoms with Gasteiger partial charge in [0.05, 0.1) is 24.7 Å². The van der Waals surface area contributed by atoms with Gasteiger partial charge in [0, 0.05) is 25.6 Å². The zero-order valence-corrected chi connectivity index (χ0v) is 15.2. The van der Waals surface area contributed by atoms with Crippen LogP contribution in [0.15, 0.2) is 18.2 Å². The Labute approximate surface area is 148 Å². The van der Waals surface area contributed by atoms with E-state index in [2.05, 4.69) is 5.32 Å². The Morgan fingerprint density at radius 3 is 2.72 bits per heavy atom. The van der Waals surface area contributed by atoms with Gasteiger partial charge in [-0.1, -0.05) is 6.07 Å². The predicted octanol–water partition coefficient (Wildman–Crippen LogP) is 1.57. The zero-order valence-electron chi connectivity index (χ0n) is 14.4. The van der Waals surface area contributed by atoms with Crippen molar-refractivity contribution < 1.29 is 22.7 Å². The molecule has 0 bridgehead atoms. The number of nitrogens with one attached hydrogen (secondary N) is 1. The number of hydrogen-bond donors (Lipinski definition) is 1. The number of fused-ring (bicyclic) bond motifs is 1. The van der Waals surface area contributed by atoms with E-state index in [0.29, 0.717) is 38.5 Å². The highest BCUT2D eigenvalue weighted by atomic mass is 32.2. The van der Waals surface area contributed by atoms with Gasteiger partial charge in [-0.2, -0.15) is 0 Å². The molecule has 0 aromatic heterocycles. The first-order chi connectivity index (χ1) is 12.0. The van der Waals surface area contributed by atoms with E-state index in [1.54, 1.807) is 4.90 Å². The van der Waals surface area contributed by atoms with Crippen LogP contribution in [-0.2, 0) is 16.4 Å². The Morgan fingerprint density at radius 2 is 2.04 bits per heavy atom. The minimum atomic E-state index is -3.02. The van der Waals surface area contributed by atoms with Gasteiger partial charge in [0.1, 0.15) is 0 Å². The van der Waals surface area contributed by atoms with Crippen LogP contribution in [0.2, 0.25) is 0 Å². The van der Waals surface area contributed by atoms with Crippen molar-refractivity contribution >= 4 is 15.9 Å². The van der Waals surface area contributed by atoms with Crippen molar-refractivity contribution in [2.24, 2.45) is 0 Å². The zero-order chi connectivity index (χ0) is 17.9. The van der Waals surface area contributed by atoms with Gasteiger partial charge in [-0.25, -0.2) is 13.2 Å². The number of nitrogens with zero attached hydrogens (tertiary/aromatic N) is 1. The van der Waals surface area contributed by atoms with Crippen molar-refractivity contribution in [1.29, 1.82) is 0 Å². The molecule has 7 nitrogen and oxygen atoms in total. The minimum absolute atomic E-state index is 0.0539. The lowest BCUT2D eigenvalue weighted by molar-refractivity contribution is 0.183. The van der Waals surface area contributed by atoms with E-state index >= 15 is 0 Å². The minimum Gasteiger partial charge on any atom is -0.490 e. The second-order valence-corrected chi connectivity index (χ2v) is 8.56. The predicted molar refractivity (Wildman–Crippen MR) is 93.7 cm³/mol. The molecule has 1 atom stereocenters. The molecule has 1 aromatic carbocycles. The molecule has 138 valence electrons. The fraction of sp³-hybridized carbons (Fsp3) is 0.588. The maximum atomic E-state index is 12.5. The van der Waals surface area contributed by atoms with E-state index < -0.39 is 9.84 Å². The quantitative estimate of drug-likeness (QED) is 0.872. The Balaban J connectivity index is 1.60. The van der Waals surface area contributed by atoms with E-state index in [-0.39, 0.29) is 23.6 Å². The molecule has 2 amide bonds. The molecule has 0 saturated carbocycles. The second kappa shape index (κ2) is 7.51. The van der Waals surface area contributed by atoms with Crippen LogP contribution in [0.25, 0.3) is 0 Å². The van der Waals surface area contributed by atoms with Crippen LogP contribution < -0.4 is 14.8 Å². The van der Waals surface area contributed by atoms with Crippen molar-refractivity contribution in [2.75, 3.05) is 31.3 Å². The van der Waals surface area contributed by atoms with Gasteiger partial charge in [0.15, 0.2) is 21.3 Å². The molecule has 8 heteroatoms. The summed E-state index contributed by atoms with van der Waals surface area (Å²) in [6.45, 7) is 3.94. The molecule has 0 radical (unpaired) electrons. The van der Waals surface area contributed by atoms with E-state index in [9.17, 15) is 13.2 Å². The van der Waals surface area contributed by atoms with Crippen LogP contribution in [0.3, 0.4) is 0 Å². The third-order valence-electron chi connectivity index (χ3n) is 4.51. The Hall–Kier alpha value is -1.96. The summed E-state index contributed by atoms with van der Waals surface area (Å²) in [6, 6.07) is 5.14. The van der Waals surface area contributed by atoms with Gasteiger partial charge in [0.25, 0.3) is 0 Å². The molecule has 2 aliphatic rings. The van der Waals surface area contributed by atoms with Crippen LogP contribution in [-0.4, -0.2) is 56.7 Å². The normalized spacial score (nSPS) is 21.4. The molecule has 1 aromatic rings. The van der Waals surface area contributed by atoms with E-state index in [4.69, 9.17) is 9.47 Å². The standard InChI is InChI=1S/C17H24N2O5S/c1-2-19(14-6-9-25(21,22)12-14)17(20)18-11-13-4-5-15-16(10-13)24-8-3-7-23-15/h4-5,10,14H,2-3,6-9,11-12H2,1H3,(H,18,20). The summed E-state index contributed by atoms with van der Waals surface area (Å²) in [5.74, 6) is 1.62. The number of carbonyl (C=O) groups is 1. The van der Waals surface area contributed by atoms with Crippen LogP contribution in [0, 0.1) is 0 Å². The lowest BCUT2D eigenvalue weighted by Gasteiger charge is -2.27. The highest BCUT2D eigenvalue weighted by Crippen LogP contribution is 2.30.